The summed E-state index contributed by atoms with van der Waals surface area (Å²) in [5.74, 6) is -0.988. The fraction of sp³-hybridized carbons (Fsp3) is 0.263. The van der Waals surface area contributed by atoms with Crippen LogP contribution in [0.3, 0.4) is 0 Å². The third-order valence-corrected chi connectivity index (χ3v) is 5.04. The highest BCUT2D eigenvalue weighted by molar-refractivity contribution is 6.14. The average Bonchev–Trinajstić information content (AvgIpc) is 3.16. The molecule has 0 unspecified atom stereocenters. The lowest BCUT2D eigenvalue weighted by molar-refractivity contribution is -0.142. The van der Waals surface area contributed by atoms with Gasteiger partial charge in [0, 0.05) is 18.3 Å². The maximum Gasteiger partial charge on any atom is 0.311 e. The molecule has 1 spiro atoms. The molecule has 4 rings (SSSR count). The van der Waals surface area contributed by atoms with Gasteiger partial charge in [0.25, 0.3) is 0 Å². The Hall–Kier alpha value is -3.80. The molecule has 0 fully saturated rings. The summed E-state index contributed by atoms with van der Waals surface area (Å²) < 4.78 is 10.5. The van der Waals surface area contributed by atoms with E-state index in [-0.39, 0.29) is 36.3 Å². The molecule has 2 aliphatic rings. The summed E-state index contributed by atoms with van der Waals surface area (Å²) in [5, 5.41) is 16.7. The standard InChI is InChI=1S/C19H17N5O4/c1-3-27-14(25)8-12-15-17(23-22-12)28-16(21)11(9-20)19(15)10-6-4-5-7-13(10)24(2)18(19)26/h4-7H,3,8,21H2,1-2H3,(H,22,23)/t19-/m1/s1. The van der Waals surface area contributed by atoms with Crippen molar-refractivity contribution in [2.75, 3.05) is 18.6 Å². The van der Waals surface area contributed by atoms with Crippen molar-refractivity contribution in [1.82, 2.24) is 10.2 Å². The van der Waals surface area contributed by atoms with Gasteiger partial charge < -0.3 is 20.1 Å². The minimum atomic E-state index is -1.54. The maximum absolute atomic E-state index is 13.6. The van der Waals surface area contributed by atoms with E-state index in [1.165, 1.54) is 4.90 Å². The molecule has 3 heterocycles. The summed E-state index contributed by atoms with van der Waals surface area (Å²) in [4.78, 5) is 27.1. The van der Waals surface area contributed by atoms with Crippen molar-refractivity contribution in [2.45, 2.75) is 18.8 Å². The second kappa shape index (κ2) is 6.13. The maximum atomic E-state index is 13.6. The van der Waals surface area contributed by atoms with Crippen molar-refractivity contribution >= 4 is 17.6 Å². The molecule has 1 aromatic carbocycles. The molecule has 0 bridgehead atoms. The fourth-order valence-electron chi connectivity index (χ4n) is 3.95. The first-order valence-electron chi connectivity index (χ1n) is 8.65. The van der Waals surface area contributed by atoms with Crippen molar-refractivity contribution in [1.29, 1.82) is 5.26 Å². The Morgan fingerprint density at radius 3 is 2.93 bits per heavy atom. The molecule has 1 atom stereocenters. The minimum Gasteiger partial charge on any atom is -0.466 e. The van der Waals surface area contributed by atoms with Crippen LogP contribution in [0, 0.1) is 11.3 Å². The summed E-state index contributed by atoms with van der Waals surface area (Å²) >= 11 is 0. The van der Waals surface area contributed by atoms with Gasteiger partial charge in [-0.1, -0.05) is 18.2 Å². The number of nitrogens with two attached hydrogens (primary N) is 1. The number of ether oxygens (including phenoxy) is 2. The first-order valence-corrected chi connectivity index (χ1v) is 8.65. The number of H-pyrrole nitrogens is 1. The summed E-state index contributed by atoms with van der Waals surface area (Å²) in [7, 11) is 1.63. The van der Waals surface area contributed by atoms with Gasteiger partial charge >= 0.3 is 5.97 Å². The Bertz CT molecular complexity index is 1080. The molecule has 2 aromatic rings. The van der Waals surface area contributed by atoms with Gasteiger partial charge in [-0.3, -0.25) is 14.7 Å². The normalized spacial score (nSPS) is 19.9. The molecule has 1 amide bonds. The summed E-state index contributed by atoms with van der Waals surface area (Å²) in [5.41, 5.74) is 6.31. The molecular weight excluding hydrogens is 362 g/mol. The highest BCUT2D eigenvalue weighted by Gasteiger charge is 2.60. The van der Waals surface area contributed by atoms with Crippen molar-refractivity contribution in [3.8, 4) is 11.9 Å². The molecule has 0 saturated heterocycles. The number of benzene rings is 1. The lowest BCUT2D eigenvalue weighted by Crippen LogP contribution is -2.45. The second-order valence-corrected chi connectivity index (χ2v) is 6.45. The molecule has 28 heavy (non-hydrogen) atoms. The molecule has 3 N–H and O–H groups in total. The van der Waals surface area contributed by atoms with E-state index in [4.69, 9.17) is 15.2 Å². The van der Waals surface area contributed by atoms with E-state index in [0.717, 1.165) is 0 Å². The molecule has 0 aliphatic carbocycles. The smallest absolute Gasteiger partial charge is 0.311 e. The molecule has 0 radical (unpaired) electrons. The molecule has 1 aromatic heterocycles. The number of aromatic nitrogens is 2. The topological polar surface area (TPSA) is 134 Å². The third kappa shape index (κ3) is 2.08. The summed E-state index contributed by atoms with van der Waals surface area (Å²) in [6.07, 6.45) is -0.154. The Morgan fingerprint density at radius 1 is 1.46 bits per heavy atom. The average molecular weight is 379 g/mol. The van der Waals surface area contributed by atoms with E-state index < -0.39 is 11.4 Å². The number of carbonyl (C=O) groups is 2. The van der Waals surface area contributed by atoms with Gasteiger partial charge in [0.15, 0.2) is 0 Å². The molecule has 142 valence electrons. The van der Waals surface area contributed by atoms with E-state index in [1.807, 2.05) is 6.07 Å². The van der Waals surface area contributed by atoms with Crippen LogP contribution in [0.4, 0.5) is 5.69 Å². The van der Waals surface area contributed by atoms with E-state index in [1.54, 1.807) is 38.2 Å². The molecular formula is C19H17N5O4. The highest BCUT2D eigenvalue weighted by Crippen LogP contribution is 2.55. The Labute approximate surface area is 160 Å². The largest absolute Gasteiger partial charge is 0.466 e. The minimum absolute atomic E-state index is 0.0340. The molecule has 9 nitrogen and oxygen atoms in total. The number of esters is 1. The van der Waals surface area contributed by atoms with Gasteiger partial charge in [-0.05, 0) is 13.0 Å². The first kappa shape index (κ1) is 17.6. The van der Waals surface area contributed by atoms with Gasteiger partial charge in [-0.2, -0.15) is 5.26 Å². The van der Waals surface area contributed by atoms with Gasteiger partial charge in [-0.25, -0.2) is 0 Å². The number of carbonyl (C=O) groups excluding carboxylic acids is 2. The lowest BCUT2D eigenvalue weighted by Gasteiger charge is -2.32. The Morgan fingerprint density at radius 2 is 2.21 bits per heavy atom. The number of para-hydroxylation sites is 1. The van der Waals surface area contributed by atoms with Gasteiger partial charge in [0.2, 0.25) is 17.7 Å². The summed E-state index contributed by atoms with van der Waals surface area (Å²) in [6.45, 7) is 1.92. The number of aromatic amines is 1. The van der Waals surface area contributed by atoms with Crippen molar-refractivity contribution in [3.05, 3.63) is 52.5 Å². The summed E-state index contributed by atoms with van der Waals surface area (Å²) in [6, 6.07) is 9.16. The lowest BCUT2D eigenvalue weighted by atomic mass is 9.69. The zero-order valence-electron chi connectivity index (χ0n) is 15.3. The van der Waals surface area contributed by atoms with Crippen LogP contribution >= 0.6 is 0 Å². The number of rotatable bonds is 3. The monoisotopic (exact) mass is 379 g/mol. The van der Waals surface area contributed by atoms with Crippen LogP contribution in [0.15, 0.2) is 35.7 Å². The third-order valence-electron chi connectivity index (χ3n) is 5.04. The Balaban J connectivity index is 2.03. The first-order chi connectivity index (χ1) is 13.5. The van der Waals surface area contributed by atoms with Crippen molar-refractivity contribution in [3.63, 3.8) is 0 Å². The van der Waals surface area contributed by atoms with Crippen LogP contribution in [-0.2, 0) is 26.2 Å². The van der Waals surface area contributed by atoms with E-state index >= 15 is 0 Å². The quantitative estimate of drug-likeness (QED) is 0.755. The number of nitrogens with one attached hydrogen (secondary N) is 1. The van der Waals surface area contributed by atoms with E-state index in [2.05, 4.69) is 10.2 Å². The number of likely N-dealkylation sites (N-methyl/N-ethyl adjacent to an activating group) is 1. The van der Waals surface area contributed by atoms with Crippen molar-refractivity contribution < 1.29 is 19.1 Å². The number of amides is 1. The Kier molecular flexibility index (Phi) is 3.85. The highest BCUT2D eigenvalue weighted by atomic mass is 16.5. The van der Waals surface area contributed by atoms with Gasteiger partial charge in [0.05, 0.1) is 24.3 Å². The number of anilines is 1. The SMILES string of the molecule is CCOC(=O)Cc1[nH]nc2c1[C@]1(C(=O)N(C)c3ccccc31)C(C#N)=C(N)O2. The second-order valence-electron chi connectivity index (χ2n) is 6.45. The van der Waals surface area contributed by atoms with Gasteiger partial charge in [-0.15, -0.1) is 5.10 Å². The van der Waals surface area contributed by atoms with Crippen LogP contribution in [0.5, 0.6) is 5.88 Å². The number of fused-ring (bicyclic) bond motifs is 4. The predicted octanol–water partition coefficient (Wildman–Crippen LogP) is 0.864. The number of nitriles is 1. The number of nitrogens with zero attached hydrogens (tertiary/aromatic N) is 3. The van der Waals surface area contributed by atoms with Crippen LogP contribution in [0.1, 0.15) is 23.7 Å². The van der Waals surface area contributed by atoms with Crippen LogP contribution < -0.4 is 15.4 Å². The predicted molar refractivity (Wildman–Crippen MR) is 97.0 cm³/mol. The van der Waals surface area contributed by atoms with Crippen LogP contribution in [0.2, 0.25) is 0 Å². The zero-order valence-corrected chi connectivity index (χ0v) is 15.3. The fourth-order valence-corrected chi connectivity index (χ4v) is 3.95. The van der Waals surface area contributed by atoms with Gasteiger partial charge in [0.1, 0.15) is 17.1 Å². The van der Waals surface area contributed by atoms with Crippen LogP contribution in [-0.4, -0.2) is 35.7 Å². The van der Waals surface area contributed by atoms with Crippen LogP contribution in [0.25, 0.3) is 0 Å². The molecule has 0 saturated carbocycles. The van der Waals surface area contributed by atoms with E-state index in [9.17, 15) is 14.9 Å². The number of hydrogen-bond donors (Lipinski definition) is 2. The zero-order chi connectivity index (χ0) is 20.1. The molecule has 2 aliphatic heterocycles. The van der Waals surface area contributed by atoms with Crippen molar-refractivity contribution in [2.24, 2.45) is 5.73 Å². The molecule has 9 heteroatoms. The van der Waals surface area contributed by atoms with E-state index in [0.29, 0.717) is 22.5 Å². The number of hydrogen-bond acceptors (Lipinski definition) is 7.